The van der Waals surface area contributed by atoms with Crippen LogP contribution in [-0.2, 0) is 4.74 Å². The molecular formula is C24H28N4O6. The lowest BCUT2D eigenvalue weighted by Gasteiger charge is -2.17. The van der Waals surface area contributed by atoms with Crippen LogP contribution in [0.1, 0.15) is 50.0 Å². The number of nitro benzene ring substituents is 1. The summed E-state index contributed by atoms with van der Waals surface area (Å²) in [6, 6.07) is 9.98. The molecule has 0 aliphatic carbocycles. The molecule has 0 amide bonds. The third-order valence-electron chi connectivity index (χ3n) is 5.07. The SMILES string of the molecule is CCOC(=O)c1coc(-c2ccnc(NCCCCC(CC)Oc3ccccc3[N+](=O)[O-])c2)n1. The van der Waals surface area contributed by atoms with E-state index in [2.05, 4.69) is 15.3 Å². The number of para-hydroxylation sites is 2. The monoisotopic (exact) mass is 468 g/mol. The molecule has 0 fully saturated rings. The molecule has 3 aromatic rings. The van der Waals surface area contributed by atoms with Gasteiger partial charge in [-0.3, -0.25) is 10.1 Å². The Bertz CT molecular complexity index is 1100. The van der Waals surface area contributed by atoms with Crippen molar-refractivity contribution in [2.45, 2.75) is 45.6 Å². The fourth-order valence-corrected chi connectivity index (χ4v) is 3.31. The second kappa shape index (κ2) is 12.3. The van der Waals surface area contributed by atoms with Gasteiger partial charge in [-0.1, -0.05) is 19.1 Å². The highest BCUT2D eigenvalue weighted by molar-refractivity contribution is 5.87. The smallest absolute Gasteiger partial charge is 0.360 e. The van der Waals surface area contributed by atoms with Gasteiger partial charge in [-0.15, -0.1) is 0 Å². The minimum Gasteiger partial charge on any atom is -0.484 e. The molecule has 1 atom stereocenters. The number of anilines is 1. The van der Waals surface area contributed by atoms with Crippen molar-refractivity contribution in [3.05, 3.63) is 64.7 Å². The number of carbonyl (C=O) groups is 1. The van der Waals surface area contributed by atoms with Crippen molar-refractivity contribution in [2.75, 3.05) is 18.5 Å². The summed E-state index contributed by atoms with van der Waals surface area (Å²) in [5, 5.41) is 14.4. The second-order valence-corrected chi connectivity index (χ2v) is 7.48. The molecule has 10 heteroatoms. The molecule has 0 bridgehead atoms. The number of pyridine rings is 1. The van der Waals surface area contributed by atoms with Crippen molar-refractivity contribution in [2.24, 2.45) is 0 Å². The minimum absolute atomic E-state index is 0.0194. The number of rotatable bonds is 13. The predicted molar refractivity (Wildman–Crippen MR) is 126 cm³/mol. The molecule has 1 aromatic carbocycles. The third kappa shape index (κ3) is 6.77. The van der Waals surface area contributed by atoms with Crippen LogP contribution in [-0.4, -0.2) is 40.1 Å². The van der Waals surface area contributed by atoms with Crippen LogP contribution < -0.4 is 10.1 Å². The molecule has 3 rings (SSSR count). The van der Waals surface area contributed by atoms with Gasteiger partial charge in [-0.05, 0) is 50.8 Å². The van der Waals surface area contributed by atoms with E-state index in [0.717, 1.165) is 25.7 Å². The van der Waals surface area contributed by atoms with Gasteiger partial charge in [-0.25, -0.2) is 14.8 Å². The van der Waals surface area contributed by atoms with Gasteiger partial charge in [0.15, 0.2) is 11.4 Å². The summed E-state index contributed by atoms with van der Waals surface area (Å²) in [7, 11) is 0. The molecule has 0 aliphatic heterocycles. The average molecular weight is 469 g/mol. The zero-order chi connectivity index (χ0) is 24.3. The first-order valence-electron chi connectivity index (χ1n) is 11.2. The van der Waals surface area contributed by atoms with E-state index in [-0.39, 0.29) is 24.1 Å². The Kier molecular flexibility index (Phi) is 8.96. The van der Waals surface area contributed by atoms with Gasteiger partial charge in [0.05, 0.1) is 17.6 Å². The van der Waals surface area contributed by atoms with E-state index in [1.165, 1.54) is 12.3 Å². The van der Waals surface area contributed by atoms with Crippen molar-refractivity contribution >= 4 is 17.5 Å². The van der Waals surface area contributed by atoms with Crippen LogP contribution in [0.15, 0.2) is 53.3 Å². The topological polar surface area (TPSA) is 130 Å². The standard InChI is InChI=1S/C24H28N4O6/c1-3-18(34-21-11-6-5-10-20(21)28(30)31)9-7-8-13-25-22-15-17(12-14-26-22)23-27-19(16-33-23)24(29)32-4-2/h5-6,10-12,14-16,18H,3-4,7-9,13H2,1-2H3,(H,25,26). The summed E-state index contributed by atoms with van der Waals surface area (Å²) in [5.74, 6) is 0.750. The molecule has 2 aromatic heterocycles. The van der Waals surface area contributed by atoms with Gasteiger partial charge >= 0.3 is 11.7 Å². The van der Waals surface area contributed by atoms with E-state index >= 15 is 0 Å². The molecule has 10 nitrogen and oxygen atoms in total. The van der Waals surface area contributed by atoms with Crippen LogP contribution in [0.5, 0.6) is 5.75 Å². The summed E-state index contributed by atoms with van der Waals surface area (Å²) in [5.41, 5.74) is 0.794. The van der Waals surface area contributed by atoms with Crippen molar-refractivity contribution in [1.29, 1.82) is 0 Å². The molecular weight excluding hydrogens is 440 g/mol. The Morgan fingerprint density at radius 3 is 2.82 bits per heavy atom. The Balaban J connectivity index is 1.47. The third-order valence-corrected chi connectivity index (χ3v) is 5.07. The second-order valence-electron chi connectivity index (χ2n) is 7.48. The zero-order valence-corrected chi connectivity index (χ0v) is 19.2. The maximum Gasteiger partial charge on any atom is 0.360 e. The highest BCUT2D eigenvalue weighted by Gasteiger charge is 2.18. The van der Waals surface area contributed by atoms with Crippen LogP contribution in [0.3, 0.4) is 0 Å². The van der Waals surface area contributed by atoms with E-state index in [1.54, 1.807) is 43.5 Å². The number of hydrogen-bond acceptors (Lipinski definition) is 9. The van der Waals surface area contributed by atoms with E-state index in [9.17, 15) is 14.9 Å². The number of carbonyl (C=O) groups excluding carboxylic acids is 1. The Morgan fingerprint density at radius 1 is 1.24 bits per heavy atom. The van der Waals surface area contributed by atoms with Gasteiger partial charge in [0.1, 0.15) is 12.1 Å². The first-order chi connectivity index (χ1) is 16.5. The Labute approximate surface area is 197 Å². The summed E-state index contributed by atoms with van der Waals surface area (Å²) < 4.78 is 16.2. The first kappa shape index (κ1) is 24.7. The van der Waals surface area contributed by atoms with Crippen molar-refractivity contribution in [3.8, 4) is 17.2 Å². The van der Waals surface area contributed by atoms with E-state index in [4.69, 9.17) is 13.9 Å². The number of nitrogens with zero attached hydrogens (tertiary/aromatic N) is 3. The minimum atomic E-state index is -0.527. The largest absolute Gasteiger partial charge is 0.484 e. The fraction of sp³-hybridized carbons (Fsp3) is 0.375. The molecule has 2 heterocycles. The van der Waals surface area contributed by atoms with Gasteiger partial charge in [-0.2, -0.15) is 0 Å². The van der Waals surface area contributed by atoms with Crippen LogP contribution in [0.4, 0.5) is 11.5 Å². The first-order valence-corrected chi connectivity index (χ1v) is 11.2. The van der Waals surface area contributed by atoms with Gasteiger partial charge in [0.2, 0.25) is 5.89 Å². The number of hydrogen-bond donors (Lipinski definition) is 1. The molecule has 180 valence electrons. The molecule has 0 saturated carbocycles. The molecule has 1 unspecified atom stereocenters. The number of nitrogens with one attached hydrogen (secondary N) is 1. The average Bonchev–Trinajstić information content (AvgIpc) is 3.34. The maximum atomic E-state index is 11.8. The summed E-state index contributed by atoms with van der Waals surface area (Å²) in [6.45, 7) is 4.69. The quantitative estimate of drug-likeness (QED) is 0.154. The lowest BCUT2D eigenvalue weighted by atomic mass is 10.1. The molecule has 0 radical (unpaired) electrons. The fourth-order valence-electron chi connectivity index (χ4n) is 3.31. The molecule has 34 heavy (non-hydrogen) atoms. The highest BCUT2D eigenvalue weighted by Crippen LogP contribution is 2.28. The van der Waals surface area contributed by atoms with Gasteiger partial charge in [0, 0.05) is 24.4 Å². The number of unbranched alkanes of at least 4 members (excludes halogenated alkanes) is 1. The zero-order valence-electron chi connectivity index (χ0n) is 19.2. The highest BCUT2D eigenvalue weighted by atomic mass is 16.6. The lowest BCUT2D eigenvalue weighted by molar-refractivity contribution is -0.386. The maximum absolute atomic E-state index is 11.8. The molecule has 1 N–H and O–H groups in total. The number of aromatic nitrogens is 2. The van der Waals surface area contributed by atoms with Crippen molar-refractivity contribution in [3.63, 3.8) is 0 Å². The summed E-state index contributed by atoms with van der Waals surface area (Å²) in [6.07, 6.45) is 6.11. The Hall–Kier alpha value is -3.95. The van der Waals surface area contributed by atoms with Crippen molar-refractivity contribution in [1.82, 2.24) is 9.97 Å². The normalized spacial score (nSPS) is 11.6. The van der Waals surface area contributed by atoms with Crippen LogP contribution in [0.25, 0.3) is 11.5 Å². The van der Waals surface area contributed by atoms with E-state index in [0.29, 0.717) is 29.6 Å². The lowest BCUT2D eigenvalue weighted by Crippen LogP contribution is -2.16. The summed E-state index contributed by atoms with van der Waals surface area (Å²) >= 11 is 0. The van der Waals surface area contributed by atoms with Gasteiger partial charge < -0.3 is 19.2 Å². The number of esters is 1. The molecule has 0 spiro atoms. The van der Waals surface area contributed by atoms with E-state index in [1.807, 2.05) is 6.92 Å². The number of oxazole rings is 1. The molecule has 0 saturated heterocycles. The number of benzene rings is 1. The van der Waals surface area contributed by atoms with Crippen LogP contribution in [0.2, 0.25) is 0 Å². The van der Waals surface area contributed by atoms with Gasteiger partial charge in [0.25, 0.3) is 0 Å². The Morgan fingerprint density at radius 2 is 2.06 bits per heavy atom. The molecule has 0 aliphatic rings. The van der Waals surface area contributed by atoms with Crippen LogP contribution in [0, 0.1) is 10.1 Å². The predicted octanol–water partition coefficient (Wildman–Crippen LogP) is 5.26. The number of nitro groups is 1. The van der Waals surface area contributed by atoms with E-state index < -0.39 is 10.9 Å². The summed E-state index contributed by atoms with van der Waals surface area (Å²) in [4.78, 5) is 31.0. The van der Waals surface area contributed by atoms with Crippen LogP contribution >= 0.6 is 0 Å². The number of ether oxygens (including phenoxy) is 2. The van der Waals surface area contributed by atoms with Crippen molar-refractivity contribution < 1.29 is 23.6 Å².